The van der Waals surface area contributed by atoms with Crippen LogP contribution in [0, 0.1) is 0 Å². The summed E-state index contributed by atoms with van der Waals surface area (Å²) < 4.78 is 0. The molecule has 0 saturated heterocycles. The molecule has 76 valence electrons. The van der Waals surface area contributed by atoms with E-state index in [1.165, 1.54) is 0 Å². The highest BCUT2D eigenvalue weighted by Crippen LogP contribution is 2.13. The van der Waals surface area contributed by atoms with E-state index in [2.05, 4.69) is 17.9 Å². The Kier molecular flexibility index (Phi) is 4.57. The van der Waals surface area contributed by atoms with Crippen LogP contribution < -0.4 is 16.8 Å². The van der Waals surface area contributed by atoms with Crippen LogP contribution >= 0.6 is 12.6 Å². The number of urea groups is 1. The van der Waals surface area contributed by atoms with Gasteiger partial charge in [0, 0.05) is 6.54 Å². The average molecular weight is 207 g/mol. The molecule has 0 saturated carbocycles. The highest BCUT2D eigenvalue weighted by Gasteiger charge is 2.28. The predicted molar refractivity (Wildman–Crippen MR) is 50.4 cm³/mol. The van der Waals surface area contributed by atoms with E-state index in [1.54, 1.807) is 0 Å². The molecule has 0 spiro atoms. The lowest BCUT2D eigenvalue weighted by molar-refractivity contribution is -0.139. The molecular weight excluding hydrogens is 194 g/mol. The van der Waals surface area contributed by atoms with Crippen LogP contribution in [0.25, 0.3) is 0 Å². The summed E-state index contributed by atoms with van der Waals surface area (Å²) >= 11 is 3.74. The highest BCUT2D eigenvalue weighted by atomic mass is 32.1. The molecule has 0 heterocycles. The molecule has 0 bridgehead atoms. The fraction of sp³-hybridized carbons (Fsp3) is 0.667. The molecule has 0 aromatic carbocycles. The van der Waals surface area contributed by atoms with Crippen molar-refractivity contribution in [3.05, 3.63) is 0 Å². The van der Waals surface area contributed by atoms with E-state index in [0.717, 1.165) is 0 Å². The summed E-state index contributed by atoms with van der Waals surface area (Å²) in [5.74, 6) is -1.19. The van der Waals surface area contributed by atoms with E-state index in [9.17, 15) is 9.59 Å². The number of thiol groups is 1. The normalized spacial score (nSPS) is 14.6. The zero-order chi connectivity index (χ0) is 10.5. The van der Waals surface area contributed by atoms with Crippen molar-refractivity contribution in [2.75, 3.05) is 6.54 Å². The van der Waals surface area contributed by atoms with Crippen molar-refractivity contribution in [2.24, 2.45) is 11.5 Å². The minimum atomic E-state index is -1.54. The van der Waals surface area contributed by atoms with Gasteiger partial charge in [-0.15, -0.1) is 12.6 Å². The lowest BCUT2D eigenvalue weighted by Gasteiger charge is -2.17. The zero-order valence-corrected chi connectivity index (χ0v) is 7.88. The van der Waals surface area contributed by atoms with Crippen molar-refractivity contribution in [1.29, 1.82) is 0 Å². The molecule has 13 heavy (non-hydrogen) atoms. The van der Waals surface area contributed by atoms with Gasteiger partial charge in [-0.1, -0.05) is 0 Å². The maximum atomic E-state index is 10.4. The SMILES string of the molecule is NC(=O)NCCC[C@](N)(S)C(=O)O. The summed E-state index contributed by atoms with van der Waals surface area (Å²) in [5.41, 5.74) is 10.1. The summed E-state index contributed by atoms with van der Waals surface area (Å²) in [4.78, 5) is 19.1. The minimum absolute atomic E-state index is 0.158. The molecule has 0 unspecified atom stereocenters. The van der Waals surface area contributed by atoms with Gasteiger partial charge in [0.25, 0.3) is 0 Å². The van der Waals surface area contributed by atoms with Crippen molar-refractivity contribution in [2.45, 2.75) is 17.7 Å². The van der Waals surface area contributed by atoms with Gasteiger partial charge in [0.05, 0.1) is 0 Å². The van der Waals surface area contributed by atoms with Gasteiger partial charge in [0.1, 0.15) is 0 Å². The van der Waals surface area contributed by atoms with Crippen LogP contribution in [0.2, 0.25) is 0 Å². The Balaban J connectivity index is 3.64. The molecule has 0 aromatic heterocycles. The van der Waals surface area contributed by atoms with Crippen LogP contribution in [-0.2, 0) is 4.79 Å². The standard InChI is InChI=1S/C6H13N3O3S/c7-5(12)9-3-1-2-6(8,13)4(10)11/h13H,1-3,8H2,(H,10,11)(H3,7,9,12)/t6-/m0/s1. The fourth-order valence-corrected chi connectivity index (χ4v) is 0.835. The molecule has 7 heteroatoms. The number of carbonyl (C=O) groups excluding carboxylic acids is 1. The van der Waals surface area contributed by atoms with Crippen molar-refractivity contribution in [3.63, 3.8) is 0 Å². The van der Waals surface area contributed by atoms with Crippen molar-refractivity contribution < 1.29 is 14.7 Å². The monoisotopic (exact) mass is 207 g/mol. The second kappa shape index (κ2) is 4.93. The van der Waals surface area contributed by atoms with Crippen LogP contribution in [0.4, 0.5) is 4.79 Å². The van der Waals surface area contributed by atoms with Crippen LogP contribution in [0.3, 0.4) is 0 Å². The van der Waals surface area contributed by atoms with E-state index < -0.39 is 16.9 Å². The third-order valence-corrected chi connectivity index (χ3v) is 1.82. The molecule has 0 aliphatic carbocycles. The second-order valence-electron chi connectivity index (χ2n) is 2.62. The average Bonchev–Trinajstić information content (AvgIpc) is 1.97. The molecule has 0 aromatic rings. The van der Waals surface area contributed by atoms with Gasteiger partial charge in [-0.05, 0) is 12.8 Å². The summed E-state index contributed by atoms with van der Waals surface area (Å²) in [5, 5.41) is 10.8. The first kappa shape index (κ1) is 12.0. The van der Waals surface area contributed by atoms with Gasteiger partial charge in [-0.3, -0.25) is 0 Å². The Bertz CT molecular complexity index is 207. The molecule has 0 fully saturated rings. The number of nitrogens with two attached hydrogens (primary N) is 2. The molecule has 0 aliphatic heterocycles. The number of carboxylic acid groups (broad SMARTS) is 1. The maximum absolute atomic E-state index is 10.4. The number of nitrogens with one attached hydrogen (secondary N) is 1. The lowest BCUT2D eigenvalue weighted by Crippen LogP contribution is -2.43. The summed E-state index contributed by atoms with van der Waals surface area (Å²) in [6, 6.07) is -0.642. The summed E-state index contributed by atoms with van der Waals surface area (Å²) in [7, 11) is 0. The third-order valence-electron chi connectivity index (χ3n) is 1.40. The van der Waals surface area contributed by atoms with Crippen molar-refractivity contribution >= 4 is 24.6 Å². The number of hydrogen-bond donors (Lipinski definition) is 5. The smallest absolute Gasteiger partial charge is 0.333 e. The Hall–Kier alpha value is -0.950. The van der Waals surface area contributed by atoms with E-state index >= 15 is 0 Å². The number of hydrogen-bond acceptors (Lipinski definition) is 4. The molecule has 6 nitrogen and oxygen atoms in total. The van der Waals surface area contributed by atoms with E-state index in [4.69, 9.17) is 16.6 Å². The highest BCUT2D eigenvalue weighted by molar-refractivity contribution is 7.82. The van der Waals surface area contributed by atoms with E-state index in [-0.39, 0.29) is 6.42 Å². The predicted octanol–water partition coefficient (Wildman–Crippen LogP) is -0.896. The van der Waals surface area contributed by atoms with Gasteiger partial charge < -0.3 is 21.9 Å². The lowest BCUT2D eigenvalue weighted by atomic mass is 10.1. The Morgan fingerprint density at radius 2 is 2.08 bits per heavy atom. The first-order valence-electron chi connectivity index (χ1n) is 3.64. The Morgan fingerprint density at radius 3 is 2.46 bits per heavy atom. The number of primary amides is 1. The topological polar surface area (TPSA) is 118 Å². The number of carbonyl (C=O) groups is 2. The van der Waals surface area contributed by atoms with Gasteiger partial charge in [-0.25, -0.2) is 9.59 Å². The van der Waals surface area contributed by atoms with E-state index in [0.29, 0.717) is 13.0 Å². The van der Waals surface area contributed by atoms with Gasteiger partial charge >= 0.3 is 12.0 Å². The molecule has 0 radical (unpaired) electrons. The first-order valence-corrected chi connectivity index (χ1v) is 4.09. The number of amides is 2. The Labute approximate surface area is 81.1 Å². The number of carboxylic acids is 1. The molecule has 6 N–H and O–H groups in total. The van der Waals surface area contributed by atoms with Crippen LogP contribution in [-0.4, -0.2) is 28.5 Å². The van der Waals surface area contributed by atoms with E-state index in [1.807, 2.05) is 0 Å². The molecule has 1 atom stereocenters. The third kappa shape index (κ3) is 5.31. The van der Waals surface area contributed by atoms with Crippen molar-refractivity contribution in [1.82, 2.24) is 5.32 Å². The number of rotatable bonds is 5. The maximum Gasteiger partial charge on any atom is 0.333 e. The van der Waals surface area contributed by atoms with Crippen molar-refractivity contribution in [3.8, 4) is 0 Å². The van der Waals surface area contributed by atoms with Crippen LogP contribution in [0.15, 0.2) is 0 Å². The Morgan fingerprint density at radius 1 is 1.54 bits per heavy atom. The quantitative estimate of drug-likeness (QED) is 0.228. The number of aliphatic carboxylic acids is 1. The fourth-order valence-electron chi connectivity index (χ4n) is 0.676. The zero-order valence-electron chi connectivity index (χ0n) is 6.99. The second-order valence-corrected chi connectivity index (χ2v) is 3.42. The van der Waals surface area contributed by atoms with Gasteiger partial charge in [0.2, 0.25) is 0 Å². The summed E-state index contributed by atoms with van der Waals surface area (Å²) in [6.07, 6.45) is 0.570. The first-order chi connectivity index (χ1) is 5.86. The molecule has 0 aliphatic rings. The van der Waals surface area contributed by atoms with Crippen LogP contribution in [0.1, 0.15) is 12.8 Å². The minimum Gasteiger partial charge on any atom is -0.479 e. The van der Waals surface area contributed by atoms with Gasteiger partial charge in [-0.2, -0.15) is 0 Å². The molecular formula is C6H13N3O3S. The van der Waals surface area contributed by atoms with Crippen LogP contribution in [0.5, 0.6) is 0 Å². The largest absolute Gasteiger partial charge is 0.479 e. The molecule has 2 amide bonds. The summed E-state index contributed by atoms with van der Waals surface area (Å²) in [6.45, 7) is 0.294. The molecule has 0 rings (SSSR count). The van der Waals surface area contributed by atoms with Gasteiger partial charge in [0.15, 0.2) is 4.87 Å².